The standard InChI is InChI=1S/C19H26N4O/c1-14-10-15(2)16(17(11-14)23-9-5-7-21-23)12-22-8-4-6-19(3,13-22)18(20)24/h5,7,9-11H,4,6,8,12-13H2,1-3H3,(H2,20,24)/t19-/m0/s1. The van der Waals surface area contributed by atoms with Gasteiger partial charge in [-0.15, -0.1) is 0 Å². The number of aromatic nitrogens is 2. The van der Waals surface area contributed by atoms with Crippen molar-refractivity contribution < 1.29 is 4.79 Å². The molecule has 1 amide bonds. The maximum Gasteiger partial charge on any atom is 0.224 e. The summed E-state index contributed by atoms with van der Waals surface area (Å²) in [4.78, 5) is 14.2. The highest BCUT2D eigenvalue weighted by atomic mass is 16.1. The van der Waals surface area contributed by atoms with E-state index < -0.39 is 5.41 Å². The van der Waals surface area contributed by atoms with Crippen LogP contribution in [-0.2, 0) is 11.3 Å². The fourth-order valence-corrected chi connectivity index (χ4v) is 3.70. The number of piperidine rings is 1. The molecule has 1 aliphatic heterocycles. The molecule has 1 aromatic carbocycles. The summed E-state index contributed by atoms with van der Waals surface area (Å²) in [6.07, 6.45) is 5.65. The lowest BCUT2D eigenvalue weighted by Crippen LogP contribution is -2.48. The van der Waals surface area contributed by atoms with Crippen molar-refractivity contribution in [2.45, 2.75) is 40.2 Å². The van der Waals surface area contributed by atoms with Gasteiger partial charge in [0.05, 0.1) is 11.1 Å². The number of aryl methyl sites for hydroxylation is 2. The van der Waals surface area contributed by atoms with Gasteiger partial charge in [-0.3, -0.25) is 9.69 Å². The van der Waals surface area contributed by atoms with E-state index in [9.17, 15) is 4.79 Å². The van der Waals surface area contributed by atoms with Gasteiger partial charge in [-0.1, -0.05) is 6.07 Å². The molecule has 3 rings (SSSR count). The van der Waals surface area contributed by atoms with Gasteiger partial charge in [0, 0.05) is 25.5 Å². The van der Waals surface area contributed by atoms with E-state index in [0.717, 1.165) is 31.6 Å². The summed E-state index contributed by atoms with van der Waals surface area (Å²) in [5.74, 6) is -0.194. The third kappa shape index (κ3) is 3.22. The monoisotopic (exact) mass is 326 g/mol. The van der Waals surface area contributed by atoms with Crippen LogP contribution in [0.3, 0.4) is 0 Å². The van der Waals surface area contributed by atoms with E-state index in [0.29, 0.717) is 6.54 Å². The average Bonchev–Trinajstić information content (AvgIpc) is 3.04. The molecule has 1 fully saturated rings. The van der Waals surface area contributed by atoms with E-state index in [1.807, 2.05) is 23.9 Å². The van der Waals surface area contributed by atoms with Gasteiger partial charge in [-0.05, 0) is 69.0 Å². The number of hydrogen-bond donors (Lipinski definition) is 1. The van der Waals surface area contributed by atoms with Crippen LogP contribution in [0.15, 0.2) is 30.6 Å². The smallest absolute Gasteiger partial charge is 0.224 e. The summed E-state index contributed by atoms with van der Waals surface area (Å²) >= 11 is 0. The van der Waals surface area contributed by atoms with Crippen molar-refractivity contribution in [2.75, 3.05) is 13.1 Å². The highest BCUT2D eigenvalue weighted by Crippen LogP contribution is 2.31. The average molecular weight is 326 g/mol. The molecule has 0 spiro atoms. The van der Waals surface area contributed by atoms with Crippen molar-refractivity contribution in [3.8, 4) is 5.69 Å². The first kappa shape index (κ1) is 16.7. The van der Waals surface area contributed by atoms with Gasteiger partial charge in [0.15, 0.2) is 0 Å². The van der Waals surface area contributed by atoms with Gasteiger partial charge in [-0.2, -0.15) is 5.10 Å². The quantitative estimate of drug-likeness (QED) is 0.939. The lowest BCUT2D eigenvalue weighted by atomic mass is 9.81. The molecule has 1 aliphatic rings. The lowest BCUT2D eigenvalue weighted by Gasteiger charge is -2.38. The van der Waals surface area contributed by atoms with Crippen molar-refractivity contribution >= 4 is 5.91 Å². The number of amides is 1. The molecule has 24 heavy (non-hydrogen) atoms. The Kier molecular flexibility index (Phi) is 4.45. The zero-order valence-corrected chi connectivity index (χ0v) is 14.7. The van der Waals surface area contributed by atoms with Crippen LogP contribution in [0.25, 0.3) is 5.69 Å². The Bertz CT molecular complexity index is 738. The molecule has 0 bridgehead atoms. The lowest BCUT2D eigenvalue weighted by molar-refractivity contribution is -0.129. The zero-order valence-electron chi connectivity index (χ0n) is 14.7. The second-order valence-corrected chi connectivity index (χ2v) is 7.27. The molecular formula is C19H26N4O. The van der Waals surface area contributed by atoms with Crippen LogP contribution in [0.5, 0.6) is 0 Å². The molecule has 1 atom stereocenters. The highest BCUT2D eigenvalue weighted by Gasteiger charge is 2.36. The summed E-state index contributed by atoms with van der Waals surface area (Å²) in [6.45, 7) is 8.76. The molecule has 5 nitrogen and oxygen atoms in total. The minimum atomic E-state index is -0.428. The van der Waals surface area contributed by atoms with Crippen LogP contribution in [-0.4, -0.2) is 33.7 Å². The number of rotatable bonds is 4. The summed E-state index contributed by atoms with van der Waals surface area (Å²) < 4.78 is 1.92. The SMILES string of the molecule is Cc1cc(C)c(CN2CCC[C@](C)(C(N)=O)C2)c(-n2cccn2)c1. The first-order valence-electron chi connectivity index (χ1n) is 8.51. The van der Waals surface area contributed by atoms with Gasteiger partial charge in [0.2, 0.25) is 5.91 Å². The summed E-state index contributed by atoms with van der Waals surface area (Å²) in [5, 5.41) is 4.40. The van der Waals surface area contributed by atoms with Gasteiger partial charge < -0.3 is 5.73 Å². The molecule has 0 aliphatic carbocycles. The maximum atomic E-state index is 11.8. The van der Waals surface area contributed by atoms with Crippen molar-refractivity contribution in [3.05, 3.63) is 47.3 Å². The Morgan fingerprint density at radius 2 is 2.17 bits per heavy atom. The fourth-order valence-electron chi connectivity index (χ4n) is 3.70. The number of primary amides is 1. The van der Waals surface area contributed by atoms with E-state index in [-0.39, 0.29) is 5.91 Å². The first-order valence-corrected chi connectivity index (χ1v) is 8.51. The predicted octanol–water partition coefficient (Wildman–Crippen LogP) is 2.58. The normalized spacial score (nSPS) is 21.8. The molecule has 5 heteroatoms. The molecule has 128 valence electrons. The minimum Gasteiger partial charge on any atom is -0.369 e. The number of likely N-dealkylation sites (tertiary alicyclic amines) is 1. The van der Waals surface area contributed by atoms with Crippen molar-refractivity contribution in [3.63, 3.8) is 0 Å². The van der Waals surface area contributed by atoms with E-state index in [2.05, 4.69) is 36.0 Å². The van der Waals surface area contributed by atoms with Crippen molar-refractivity contribution in [2.24, 2.45) is 11.1 Å². The second-order valence-electron chi connectivity index (χ2n) is 7.27. The maximum absolute atomic E-state index is 11.8. The Morgan fingerprint density at radius 1 is 1.38 bits per heavy atom. The molecule has 2 N–H and O–H groups in total. The van der Waals surface area contributed by atoms with Crippen molar-refractivity contribution in [1.29, 1.82) is 0 Å². The van der Waals surface area contributed by atoms with Gasteiger partial charge in [-0.25, -0.2) is 4.68 Å². The molecule has 0 unspecified atom stereocenters. The van der Waals surface area contributed by atoms with Gasteiger partial charge >= 0.3 is 0 Å². The van der Waals surface area contributed by atoms with Crippen LogP contribution in [0.2, 0.25) is 0 Å². The van der Waals surface area contributed by atoms with Crippen LogP contribution in [0.1, 0.15) is 36.5 Å². The van der Waals surface area contributed by atoms with Gasteiger partial charge in [0.1, 0.15) is 0 Å². The molecule has 1 saturated heterocycles. The number of carbonyl (C=O) groups is 1. The number of nitrogens with zero attached hydrogens (tertiary/aromatic N) is 3. The van der Waals surface area contributed by atoms with Crippen LogP contribution in [0, 0.1) is 19.3 Å². The van der Waals surface area contributed by atoms with Crippen molar-refractivity contribution in [1.82, 2.24) is 14.7 Å². The van der Waals surface area contributed by atoms with E-state index in [1.165, 1.54) is 16.7 Å². The Labute approximate surface area is 143 Å². The summed E-state index contributed by atoms with van der Waals surface area (Å²) in [6, 6.07) is 6.32. The summed E-state index contributed by atoms with van der Waals surface area (Å²) in [5.41, 5.74) is 10.1. The first-order chi connectivity index (χ1) is 11.4. The fraction of sp³-hybridized carbons (Fsp3) is 0.474. The number of carbonyl (C=O) groups excluding carboxylic acids is 1. The van der Waals surface area contributed by atoms with E-state index in [1.54, 1.807) is 6.20 Å². The summed E-state index contributed by atoms with van der Waals surface area (Å²) in [7, 11) is 0. The molecule has 2 heterocycles. The second kappa shape index (κ2) is 6.40. The predicted molar refractivity (Wildman–Crippen MR) is 94.9 cm³/mol. The molecular weight excluding hydrogens is 300 g/mol. The number of hydrogen-bond acceptors (Lipinski definition) is 3. The Morgan fingerprint density at radius 3 is 2.83 bits per heavy atom. The zero-order chi connectivity index (χ0) is 17.3. The number of benzene rings is 1. The molecule has 0 saturated carbocycles. The minimum absolute atomic E-state index is 0.194. The molecule has 2 aromatic rings. The van der Waals surface area contributed by atoms with Crippen LogP contribution in [0.4, 0.5) is 0 Å². The van der Waals surface area contributed by atoms with Gasteiger partial charge in [0.25, 0.3) is 0 Å². The van der Waals surface area contributed by atoms with E-state index >= 15 is 0 Å². The highest BCUT2D eigenvalue weighted by molar-refractivity contribution is 5.80. The largest absolute Gasteiger partial charge is 0.369 e. The third-order valence-electron chi connectivity index (χ3n) is 5.10. The number of nitrogens with two attached hydrogens (primary N) is 1. The van der Waals surface area contributed by atoms with E-state index in [4.69, 9.17) is 5.73 Å². The van der Waals surface area contributed by atoms with Crippen LogP contribution >= 0.6 is 0 Å². The molecule has 0 radical (unpaired) electrons. The Hall–Kier alpha value is -2.14. The molecule has 1 aromatic heterocycles. The topological polar surface area (TPSA) is 64.2 Å². The Balaban J connectivity index is 1.91. The third-order valence-corrected chi connectivity index (χ3v) is 5.10. The van der Waals surface area contributed by atoms with Crippen LogP contribution < -0.4 is 5.73 Å².